The molecule has 0 aliphatic heterocycles. The molecular weight excluding hydrogens is 189 g/mol. The molecule has 0 aromatic carbocycles. The summed E-state index contributed by atoms with van der Waals surface area (Å²) in [4.78, 5) is 0. The molecule has 4 heteroatoms. The smallest absolute Gasteiger partial charge is 0.870 e. The Morgan fingerprint density at radius 1 is 0.500 bits per heavy atom. The van der Waals surface area contributed by atoms with E-state index in [4.69, 9.17) is 0 Å². The van der Waals surface area contributed by atoms with Gasteiger partial charge in [-0.05, 0) is 0 Å². The van der Waals surface area contributed by atoms with Crippen LogP contribution in [0.5, 0.6) is 0 Å². The van der Waals surface area contributed by atoms with Crippen LogP contribution in [0.3, 0.4) is 0 Å². The molecule has 0 unspecified atom stereocenters. The molecule has 0 saturated heterocycles. The summed E-state index contributed by atoms with van der Waals surface area (Å²) in [5.74, 6) is 0. The van der Waals surface area contributed by atoms with Crippen molar-refractivity contribution in [2.24, 2.45) is 0 Å². The van der Waals surface area contributed by atoms with Crippen LogP contribution < -0.4 is 0 Å². The zero-order chi connectivity index (χ0) is 0. The molecule has 0 rings (SSSR count). The average Bonchev–Trinajstić information content (AvgIpc) is 0. The van der Waals surface area contributed by atoms with E-state index in [1.165, 1.54) is 0 Å². The van der Waals surface area contributed by atoms with Crippen molar-refractivity contribution >= 4 is 0 Å². The maximum atomic E-state index is 0. The molecule has 24 valence electrons. The molecule has 3 N–H and O–H groups in total. The van der Waals surface area contributed by atoms with E-state index in [9.17, 15) is 0 Å². The molecule has 0 radical (unpaired) electrons. The van der Waals surface area contributed by atoms with Gasteiger partial charge in [-0.2, -0.15) is 0 Å². The Kier molecular flexibility index (Phi) is 441. The molecule has 0 aromatic heterocycles. The summed E-state index contributed by atoms with van der Waals surface area (Å²) >= 11 is 0. The van der Waals surface area contributed by atoms with Crippen LogP contribution in [0.2, 0.25) is 0 Å². The molecule has 0 atom stereocenters. The molecule has 0 fully saturated rings. The Labute approximate surface area is 57.3 Å². The van der Waals surface area contributed by atoms with Crippen molar-refractivity contribution in [3.05, 3.63) is 0 Å². The Morgan fingerprint density at radius 2 is 0.500 bits per heavy atom. The first-order chi connectivity index (χ1) is 0. The van der Waals surface area contributed by atoms with Crippen LogP contribution in [0.15, 0.2) is 0 Å². The van der Waals surface area contributed by atoms with Crippen LogP contribution in [0, 0.1) is 41.3 Å². The van der Waals surface area contributed by atoms with Crippen LogP contribution in [0.1, 0.15) is 0 Å². The van der Waals surface area contributed by atoms with E-state index >= 15 is 0 Å². The van der Waals surface area contributed by atoms with Gasteiger partial charge in [0.15, 0.2) is 0 Å². The quantitative estimate of drug-likeness (QED) is 0.516. The molecule has 0 heterocycles. The van der Waals surface area contributed by atoms with E-state index in [0.29, 0.717) is 0 Å². The molecule has 0 aliphatic rings. The Balaban J connectivity index is 0. The maximum absolute atomic E-state index is 0. The minimum absolute atomic E-state index is 0. The molecular formula is H3O3Pr. The van der Waals surface area contributed by atoms with Gasteiger partial charge in [0.1, 0.15) is 0 Å². The summed E-state index contributed by atoms with van der Waals surface area (Å²) in [6, 6.07) is 0. The fourth-order valence-electron chi connectivity index (χ4n) is 0. The van der Waals surface area contributed by atoms with Crippen LogP contribution in [-0.4, -0.2) is 16.4 Å². The first-order valence-electron chi connectivity index (χ1n) is 0. The second kappa shape index (κ2) is 28.9. The van der Waals surface area contributed by atoms with Crippen LogP contribution in [0.25, 0.3) is 0 Å². The van der Waals surface area contributed by atoms with Gasteiger partial charge in [0.25, 0.3) is 0 Å². The van der Waals surface area contributed by atoms with Crippen LogP contribution >= 0.6 is 0 Å². The van der Waals surface area contributed by atoms with Gasteiger partial charge in [0, 0.05) is 0 Å². The van der Waals surface area contributed by atoms with E-state index in [2.05, 4.69) is 0 Å². The Morgan fingerprint density at radius 3 is 0.500 bits per heavy atom. The Bertz CT molecular complexity index is 3.25. The monoisotopic (exact) mass is 192 g/mol. The van der Waals surface area contributed by atoms with Gasteiger partial charge >= 0.3 is 41.3 Å². The van der Waals surface area contributed by atoms with Gasteiger partial charge < -0.3 is 16.4 Å². The van der Waals surface area contributed by atoms with Crippen LogP contribution in [0.4, 0.5) is 0 Å². The molecule has 0 spiro atoms. The number of rotatable bonds is 0. The van der Waals surface area contributed by atoms with E-state index in [0.717, 1.165) is 0 Å². The Hall–Kier alpha value is 1.24. The molecule has 3 nitrogen and oxygen atoms in total. The molecule has 4 heavy (non-hydrogen) atoms. The molecule has 0 saturated carbocycles. The predicted octanol–water partition coefficient (Wildman–Crippen LogP) is -0.530. The molecule has 0 amide bonds. The minimum atomic E-state index is 0. The van der Waals surface area contributed by atoms with Gasteiger partial charge in [-0.15, -0.1) is 0 Å². The second-order valence-electron chi connectivity index (χ2n) is 0. The van der Waals surface area contributed by atoms with E-state index < -0.39 is 0 Å². The topological polar surface area (TPSA) is 90.0 Å². The summed E-state index contributed by atoms with van der Waals surface area (Å²) in [6.45, 7) is 0. The predicted molar refractivity (Wildman–Crippen MR) is 5.81 cm³/mol. The van der Waals surface area contributed by atoms with Gasteiger partial charge in [-0.1, -0.05) is 0 Å². The van der Waals surface area contributed by atoms with Crippen molar-refractivity contribution in [1.82, 2.24) is 0 Å². The summed E-state index contributed by atoms with van der Waals surface area (Å²) in [7, 11) is 0. The fourth-order valence-corrected chi connectivity index (χ4v) is 0. The molecule has 0 bridgehead atoms. The molecule has 0 aromatic rings. The summed E-state index contributed by atoms with van der Waals surface area (Å²) < 4.78 is 0. The summed E-state index contributed by atoms with van der Waals surface area (Å²) in [6.07, 6.45) is 0. The standard InChI is InChI=1S/3H2O.Pr/h3*1H2;/q;;;+3/p-3. The first-order valence-corrected chi connectivity index (χ1v) is 0. The summed E-state index contributed by atoms with van der Waals surface area (Å²) in [5.41, 5.74) is 0. The van der Waals surface area contributed by atoms with Crippen molar-refractivity contribution in [2.45, 2.75) is 0 Å². The normalized spacial score (nSPS) is 0. The van der Waals surface area contributed by atoms with Crippen molar-refractivity contribution in [3.63, 3.8) is 0 Å². The first kappa shape index (κ1) is 61.1. The zero-order valence-corrected chi connectivity index (χ0v) is 5.62. The van der Waals surface area contributed by atoms with E-state index in [-0.39, 0.29) is 57.7 Å². The van der Waals surface area contributed by atoms with Crippen molar-refractivity contribution in [1.29, 1.82) is 0 Å². The largest absolute Gasteiger partial charge is 3.00 e. The van der Waals surface area contributed by atoms with Crippen molar-refractivity contribution < 1.29 is 57.7 Å². The van der Waals surface area contributed by atoms with Gasteiger partial charge in [0.05, 0.1) is 0 Å². The van der Waals surface area contributed by atoms with Gasteiger partial charge in [-0.25, -0.2) is 0 Å². The SMILES string of the molecule is [OH-].[OH-].[OH-].[Pr+3]. The minimum Gasteiger partial charge on any atom is -0.870 e. The third-order valence-electron chi connectivity index (χ3n) is 0. The number of hydrogen-bond acceptors (Lipinski definition) is 3. The maximum Gasteiger partial charge on any atom is 3.00 e. The van der Waals surface area contributed by atoms with Crippen molar-refractivity contribution in [2.75, 3.05) is 0 Å². The van der Waals surface area contributed by atoms with Gasteiger partial charge in [0.2, 0.25) is 0 Å². The van der Waals surface area contributed by atoms with E-state index in [1.54, 1.807) is 0 Å². The zero-order valence-electron chi connectivity index (χ0n) is 1.92. The fraction of sp³-hybridized carbons (Fsp3) is 0. The third kappa shape index (κ3) is 10.6. The molecule has 0 aliphatic carbocycles. The second-order valence-corrected chi connectivity index (χ2v) is 0. The third-order valence-corrected chi connectivity index (χ3v) is 0. The number of hydrogen-bond donors (Lipinski definition) is 0. The summed E-state index contributed by atoms with van der Waals surface area (Å²) in [5, 5.41) is 0. The van der Waals surface area contributed by atoms with E-state index in [1.807, 2.05) is 0 Å². The van der Waals surface area contributed by atoms with Crippen molar-refractivity contribution in [3.8, 4) is 0 Å². The van der Waals surface area contributed by atoms with Crippen LogP contribution in [-0.2, 0) is 0 Å². The van der Waals surface area contributed by atoms with Gasteiger partial charge in [-0.3, -0.25) is 0 Å². The average molecular weight is 192 g/mol.